The van der Waals surface area contributed by atoms with Crippen LogP contribution in [0.3, 0.4) is 0 Å². The normalized spacial score (nSPS) is 17.1. The van der Waals surface area contributed by atoms with Gasteiger partial charge in [0, 0.05) is 13.0 Å². The molecule has 1 aromatic heterocycles. The Kier molecular flexibility index (Phi) is 5.11. The van der Waals surface area contributed by atoms with Gasteiger partial charge in [-0.05, 0) is 36.8 Å². The summed E-state index contributed by atoms with van der Waals surface area (Å²) in [6, 6.07) is 10.0. The van der Waals surface area contributed by atoms with Crippen LogP contribution in [0.15, 0.2) is 58.4 Å². The highest BCUT2D eigenvalue weighted by molar-refractivity contribution is 6.08. The van der Waals surface area contributed by atoms with Gasteiger partial charge in [0.15, 0.2) is 11.5 Å². The van der Waals surface area contributed by atoms with Crippen LogP contribution in [0.1, 0.15) is 37.6 Å². The number of benzene rings is 1. The lowest BCUT2D eigenvalue weighted by molar-refractivity contribution is -0.130. The molecule has 0 radical (unpaired) electrons. The molecule has 1 aromatic carbocycles. The van der Waals surface area contributed by atoms with E-state index in [0.29, 0.717) is 18.1 Å². The fourth-order valence-corrected chi connectivity index (χ4v) is 3.13. The van der Waals surface area contributed by atoms with E-state index in [1.54, 1.807) is 19.1 Å². The number of nitrogens with zero attached hydrogens (tertiary/aromatic N) is 1. The molecule has 2 heterocycles. The van der Waals surface area contributed by atoms with Crippen molar-refractivity contribution in [2.75, 3.05) is 6.61 Å². The van der Waals surface area contributed by atoms with Gasteiger partial charge >= 0.3 is 0 Å². The molecule has 136 valence electrons. The third kappa shape index (κ3) is 3.22. The summed E-state index contributed by atoms with van der Waals surface area (Å²) in [6.07, 6.45) is 1.68. The van der Waals surface area contributed by atoms with Gasteiger partial charge < -0.3 is 19.2 Å². The van der Waals surface area contributed by atoms with Crippen LogP contribution in [0.25, 0.3) is 0 Å². The summed E-state index contributed by atoms with van der Waals surface area (Å²) in [4.78, 5) is 26.5. The first-order chi connectivity index (χ1) is 12.6. The van der Waals surface area contributed by atoms with E-state index >= 15 is 0 Å². The molecule has 1 N–H and O–H groups in total. The molecule has 26 heavy (non-hydrogen) atoms. The lowest BCUT2D eigenvalue weighted by Gasteiger charge is -2.25. The van der Waals surface area contributed by atoms with Crippen LogP contribution in [-0.4, -0.2) is 28.3 Å². The minimum atomic E-state index is -0.735. The number of furan rings is 1. The van der Waals surface area contributed by atoms with E-state index in [1.807, 2.05) is 31.2 Å². The molecular weight excluding hydrogens is 334 g/mol. The Morgan fingerprint density at radius 2 is 2.08 bits per heavy atom. The predicted molar refractivity (Wildman–Crippen MR) is 94.6 cm³/mol. The smallest absolute Gasteiger partial charge is 0.290 e. The predicted octanol–water partition coefficient (Wildman–Crippen LogP) is 3.55. The number of hydrogen-bond donors (Lipinski definition) is 1. The zero-order valence-corrected chi connectivity index (χ0v) is 14.8. The molecule has 6 nitrogen and oxygen atoms in total. The van der Waals surface area contributed by atoms with Crippen molar-refractivity contribution in [1.82, 2.24) is 4.90 Å². The van der Waals surface area contributed by atoms with E-state index in [2.05, 4.69) is 0 Å². The van der Waals surface area contributed by atoms with Gasteiger partial charge in [0.1, 0.15) is 17.6 Å². The number of rotatable bonds is 7. The van der Waals surface area contributed by atoms with Gasteiger partial charge in [-0.1, -0.05) is 19.1 Å². The van der Waals surface area contributed by atoms with Crippen LogP contribution >= 0.6 is 0 Å². The van der Waals surface area contributed by atoms with Crippen molar-refractivity contribution in [2.45, 2.75) is 32.9 Å². The van der Waals surface area contributed by atoms with Gasteiger partial charge in [-0.25, -0.2) is 0 Å². The molecule has 0 spiro atoms. The number of aliphatic hydroxyl groups is 1. The van der Waals surface area contributed by atoms with Crippen LogP contribution in [0.2, 0.25) is 0 Å². The molecule has 0 saturated heterocycles. The SMILES string of the molecule is CCOc1cccc(CN2C(=O)C(O)=C(C(=O)CC)C2c2ccco2)c1. The van der Waals surface area contributed by atoms with E-state index in [9.17, 15) is 14.7 Å². The van der Waals surface area contributed by atoms with Gasteiger partial charge in [-0.15, -0.1) is 0 Å². The number of amides is 1. The summed E-state index contributed by atoms with van der Waals surface area (Å²) in [5, 5.41) is 10.3. The monoisotopic (exact) mass is 355 g/mol. The molecule has 1 aliphatic heterocycles. The molecule has 2 aromatic rings. The van der Waals surface area contributed by atoms with Crippen molar-refractivity contribution in [3.05, 3.63) is 65.3 Å². The van der Waals surface area contributed by atoms with E-state index in [0.717, 1.165) is 5.56 Å². The quantitative estimate of drug-likeness (QED) is 0.821. The highest BCUT2D eigenvalue weighted by Crippen LogP contribution is 2.39. The maximum absolute atomic E-state index is 12.6. The second-order valence-electron chi connectivity index (χ2n) is 5.97. The number of ketones is 1. The third-order valence-electron chi connectivity index (χ3n) is 4.30. The van der Waals surface area contributed by atoms with Crippen molar-refractivity contribution in [3.8, 4) is 5.75 Å². The molecule has 3 rings (SSSR count). The lowest BCUT2D eigenvalue weighted by Crippen LogP contribution is -2.30. The van der Waals surface area contributed by atoms with Gasteiger partial charge in [0.05, 0.1) is 18.4 Å². The summed E-state index contributed by atoms with van der Waals surface area (Å²) in [6.45, 7) is 4.35. The molecule has 0 aliphatic carbocycles. The summed E-state index contributed by atoms with van der Waals surface area (Å²) in [7, 11) is 0. The average molecular weight is 355 g/mol. The summed E-state index contributed by atoms with van der Waals surface area (Å²) < 4.78 is 11.0. The van der Waals surface area contributed by atoms with Crippen molar-refractivity contribution in [1.29, 1.82) is 0 Å². The number of aliphatic hydroxyl groups excluding tert-OH is 1. The zero-order chi connectivity index (χ0) is 18.7. The second kappa shape index (κ2) is 7.47. The number of Topliss-reactive ketones (excluding diaryl/α,β-unsaturated/α-hetero) is 1. The fourth-order valence-electron chi connectivity index (χ4n) is 3.13. The fraction of sp³-hybridized carbons (Fsp3) is 0.300. The van der Waals surface area contributed by atoms with E-state index in [1.165, 1.54) is 11.2 Å². The summed E-state index contributed by atoms with van der Waals surface area (Å²) in [5.41, 5.74) is 0.923. The number of hydrogen-bond acceptors (Lipinski definition) is 5. The van der Waals surface area contributed by atoms with Crippen LogP contribution in [0, 0.1) is 0 Å². The summed E-state index contributed by atoms with van der Waals surface area (Å²) in [5.74, 6) is -0.208. The second-order valence-corrected chi connectivity index (χ2v) is 5.97. The Balaban J connectivity index is 1.96. The minimum Gasteiger partial charge on any atom is -0.503 e. The Bertz CT molecular complexity index is 838. The van der Waals surface area contributed by atoms with Gasteiger partial charge in [-0.2, -0.15) is 0 Å². The molecule has 6 heteroatoms. The first-order valence-electron chi connectivity index (χ1n) is 8.59. The average Bonchev–Trinajstić information content (AvgIpc) is 3.24. The molecule has 1 atom stereocenters. The number of carbonyl (C=O) groups is 2. The molecule has 1 amide bonds. The number of carbonyl (C=O) groups excluding carboxylic acids is 2. The van der Waals surface area contributed by atoms with Gasteiger partial charge in [0.2, 0.25) is 0 Å². The Hall–Kier alpha value is -3.02. The van der Waals surface area contributed by atoms with Gasteiger partial charge in [-0.3, -0.25) is 9.59 Å². The molecule has 0 fully saturated rings. The van der Waals surface area contributed by atoms with E-state index in [4.69, 9.17) is 9.15 Å². The van der Waals surface area contributed by atoms with Crippen molar-refractivity contribution in [2.24, 2.45) is 0 Å². The Morgan fingerprint density at radius 3 is 2.73 bits per heavy atom. The van der Waals surface area contributed by atoms with Gasteiger partial charge in [0.25, 0.3) is 5.91 Å². The summed E-state index contributed by atoms with van der Waals surface area (Å²) >= 11 is 0. The maximum Gasteiger partial charge on any atom is 0.290 e. The van der Waals surface area contributed by atoms with Crippen LogP contribution < -0.4 is 4.74 Å². The van der Waals surface area contributed by atoms with Crippen LogP contribution in [-0.2, 0) is 16.1 Å². The van der Waals surface area contributed by atoms with E-state index < -0.39 is 17.7 Å². The zero-order valence-electron chi connectivity index (χ0n) is 14.8. The third-order valence-corrected chi connectivity index (χ3v) is 4.30. The van der Waals surface area contributed by atoms with Crippen molar-refractivity contribution >= 4 is 11.7 Å². The molecular formula is C20H21NO5. The Labute approximate surface area is 151 Å². The standard InChI is InChI=1S/C20H21NO5/c1-3-15(22)17-18(16-9-6-10-26-16)21(20(24)19(17)23)12-13-7-5-8-14(11-13)25-4-2/h5-11,18,23H,3-4,12H2,1-2H3. The highest BCUT2D eigenvalue weighted by atomic mass is 16.5. The van der Waals surface area contributed by atoms with Crippen molar-refractivity contribution < 1.29 is 23.8 Å². The highest BCUT2D eigenvalue weighted by Gasteiger charge is 2.44. The first-order valence-corrected chi connectivity index (χ1v) is 8.59. The van der Waals surface area contributed by atoms with Crippen molar-refractivity contribution in [3.63, 3.8) is 0 Å². The molecule has 1 unspecified atom stereocenters. The number of ether oxygens (including phenoxy) is 1. The molecule has 0 saturated carbocycles. The Morgan fingerprint density at radius 1 is 1.27 bits per heavy atom. The topological polar surface area (TPSA) is 80.0 Å². The lowest BCUT2D eigenvalue weighted by atomic mass is 9.99. The first kappa shape index (κ1) is 17.8. The largest absolute Gasteiger partial charge is 0.503 e. The van der Waals surface area contributed by atoms with Crippen LogP contribution in [0.4, 0.5) is 0 Å². The molecule has 1 aliphatic rings. The minimum absolute atomic E-state index is 0.0911. The maximum atomic E-state index is 12.6. The van der Waals surface area contributed by atoms with Crippen LogP contribution in [0.5, 0.6) is 5.75 Å². The van der Waals surface area contributed by atoms with E-state index in [-0.39, 0.29) is 24.3 Å². The molecule has 0 bridgehead atoms.